The third-order valence-corrected chi connectivity index (χ3v) is 6.50. The zero-order valence-electron chi connectivity index (χ0n) is 18.1. The Kier molecular flexibility index (Phi) is 6.80. The molecule has 5 nitrogen and oxygen atoms in total. The fraction of sp³-hybridized carbons (Fsp3) is 0.500. The topological polar surface area (TPSA) is 39.7 Å². The van der Waals surface area contributed by atoms with Crippen molar-refractivity contribution in [1.29, 1.82) is 0 Å². The van der Waals surface area contributed by atoms with Crippen LogP contribution in [0.15, 0.2) is 36.5 Å². The lowest BCUT2D eigenvalue weighted by molar-refractivity contribution is 0.0589. The van der Waals surface area contributed by atoms with Crippen LogP contribution in [0.1, 0.15) is 48.0 Å². The second-order valence-corrected chi connectivity index (χ2v) is 8.58. The van der Waals surface area contributed by atoms with Crippen molar-refractivity contribution in [1.82, 2.24) is 14.8 Å². The molecule has 166 valence electrons. The van der Waals surface area contributed by atoms with Gasteiger partial charge in [-0.1, -0.05) is 12.5 Å². The van der Waals surface area contributed by atoms with Crippen LogP contribution in [0.4, 0.5) is 14.6 Å². The summed E-state index contributed by atoms with van der Waals surface area (Å²) in [6.45, 7) is 3.98. The van der Waals surface area contributed by atoms with Crippen LogP contribution >= 0.6 is 0 Å². The molecular weight excluding hydrogens is 398 g/mol. The lowest BCUT2D eigenvalue weighted by Gasteiger charge is -2.40. The monoisotopic (exact) mass is 428 g/mol. The van der Waals surface area contributed by atoms with E-state index in [2.05, 4.69) is 9.88 Å². The number of carbonyl (C=O) groups excluding carboxylic acids is 1. The van der Waals surface area contributed by atoms with E-state index in [4.69, 9.17) is 0 Å². The van der Waals surface area contributed by atoms with Gasteiger partial charge in [-0.15, -0.1) is 0 Å². The molecule has 0 bridgehead atoms. The summed E-state index contributed by atoms with van der Waals surface area (Å²) < 4.78 is 27.8. The molecule has 2 saturated heterocycles. The van der Waals surface area contributed by atoms with Gasteiger partial charge in [0.15, 0.2) is 0 Å². The van der Waals surface area contributed by atoms with Gasteiger partial charge in [-0.2, -0.15) is 0 Å². The summed E-state index contributed by atoms with van der Waals surface area (Å²) in [5, 5.41) is 0. The second-order valence-electron chi connectivity index (χ2n) is 8.58. The van der Waals surface area contributed by atoms with Gasteiger partial charge in [0.1, 0.15) is 17.5 Å². The molecule has 2 fully saturated rings. The molecule has 0 N–H and O–H groups in total. The number of likely N-dealkylation sites (tertiary alicyclic amines) is 2. The first-order valence-corrected chi connectivity index (χ1v) is 11.2. The number of hydrogen-bond donors (Lipinski definition) is 0. The minimum atomic E-state index is -0.577. The van der Waals surface area contributed by atoms with Crippen molar-refractivity contribution >= 4 is 11.7 Å². The number of anilines is 1. The highest BCUT2D eigenvalue weighted by Crippen LogP contribution is 2.23. The molecule has 0 saturated carbocycles. The SMILES string of the molecule is CN(Cc1c(F)cccc1F)c1ccc(C(=O)N2CCC(N3CCCCC3)CC2)cn1. The van der Waals surface area contributed by atoms with Crippen LogP contribution in [0.2, 0.25) is 0 Å². The summed E-state index contributed by atoms with van der Waals surface area (Å²) in [5.74, 6) is -0.597. The predicted molar refractivity (Wildman–Crippen MR) is 117 cm³/mol. The van der Waals surface area contributed by atoms with Crippen LogP contribution in [-0.4, -0.2) is 60.0 Å². The van der Waals surface area contributed by atoms with Crippen LogP contribution < -0.4 is 4.90 Å². The van der Waals surface area contributed by atoms with Gasteiger partial charge in [0.05, 0.1) is 5.56 Å². The van der Waals surface area contributed by atoms with E-state index in [-0.39, 0.29) is 18.0 Å². The van der Waals surface area contributed by atoms with Gasteiger partial charge < -0.3 is 14.7 Å². The van der Waals surface area contributed by atoms with E-state index >= 15 is 0 Å². The van der Waals surface area contributed by atoms with Gasteiger partial charge in [-0.05, 0) is 63.0 Å². The van der Waals surface area contributed by atoms with Crippen molar-refractivity contribution in [3.63, 3.8) is 0 Å². The number of aromatic nitrogens is 1. The van der Waals surface area contributed by atoms with Crippen LogP contribution in [0.3, 0.4) is 0 Å². The molecule has 0 aliphatic carbocycles. The normalized spacial score (nSPS) is 18.2. The number of carbonyl (C=O) groups is 1. The maximum absolute atomic E-state index is 13.9. The highest BCUT2D eigenvalue weighted by molar-refractivity contribution is 5.94. The standard InChI is InChI=1S/C24H30F2N4O/c1-28(17-20-21(25)6-5-7-22(20)26)23-9-8-18(16-27-23)24(31)30-14-10-19(11-15-30)29-12-3-2-4-13-29/h5-9,16,19H,2-4,10-15,17H2,1H3. The third kappa shape index (κ3) is 5.03. The van der Waals surface area contributed by atoms with E-state index < -0.39 is 11.6 Å². The smallest absolute Gasteiger partial charge is 0.255 e. The quantitative estimate of drug-likeness (QED) is 0.719. The summed E-state index contributed by atoms with van der Waals surface area (Å²) in [4.78, 5) is 23.4. The van der Waals surface area contributed by atoms with Gasteiger partial charge in [-0.25, -0.2) is 13.8 Å². The van der Waals surface area contributed by atoms with E-state index in [1.54, 1.807) is 30.3 Å². The zero-order chi connectivity index (χ0) is 21.8. The summed E-state index contributed by atoms with van der Waals surface area (Å²) in [7, 11) is 1.72. The minimum absolute atomic E-state index is 0.000976. The van der Waals surface area contributed by atoms with Crippen LogP contribution in [-0.2, 0) is 6.54 Å². The maximum Gasteiger partial charge on any atom is 0.255 e. The number of nitrogens with zero attached hydrogens (tertiary/aromatic N) is 4. The van der Waals surface area contributed by atoms with Crippen molar-refractivity contribution in [2.45, 2.75) is 44.7 Å². The Labute approximate surface area is 182 Å². The lowest BCUT2D eigenvalue weighted by atomic mass is 9.99. The Balaban J connectivity index is 1.34. The largest absolute Gasteiger partial charge is 0.355 e. The molecule has 2 aliphatic heterocycles. The Morgan fingerprint density at radius 1 is 1.03 bits per heavy atom. The fourth-order valence-corrected chi connectivity index (χ4v) is 4.64. The van der Waals surface area contributed by atoms with Crippen LogP contribution in [0.25, 0.3) is 0 Å². The molecule has 0 unspecified atom stereocenters. The van der Waals surface area contributed by atoms with Gasteiger partial charge in [0, 0.05) is 44.5 Å². The lowest BCUT2D eigenvalue weighted by Crippen LogP contribution is -2.48. The van der Waals surface area contributed by atoms with Crippen LogP contribution in [0.5, 0.6) is 0 Å². The molecule has 3 heterocycles. The molecule has 4 rings (SSSR count). The molecule has 31 heavy (non-hydrogen) atoms. The summed E-state index contributed by atoms with van der Waals surface area (Å²) >= 11 is 0. The van der Waals surface area contributed by atoms with E-state index in [1.165, 1.54) is 50.6 Å². The molecule has 1 aromatic heterocycles. The van der Waals surface area contributed by atoms with E-state index in [0.29, 0.717) is 17.4 Å². The Morgan fingerprint density at radius 3 is 2.32 bits per heavy atom. The summed E-state index contributed by atoms with van der Waals surface area (Å²) in [6.07, 6.45) is 7.51. The van der Waals surface area contributed by atoms with Gasteiger partial charge >= 0.3 is 0 Å². The Hall–Kier alpha value is -2.54. The fourth-order valence-electron chi connectivity index (χ4n) is 4.64. The average molecular weight is 429 g/mol. The molecule has 0 atom stereocenters. The van der Waals surface area contributed by atoms with Gasteiger partial charge in [-0.3, -0.25) is 4.79 Å². The molecule has 0 spiro atoms. The second kappa shape index (κ2) is 9.73. The minimum Gasteiger partial charge on any atom is -0.355 e. The maximum atomic E-state index is 13.9. The van der Waals surface area contributed by atoms with E-state index in [0.717, 1.165) is 25.9 Å². The molecule has 7 heteroatoms. The molecule has 1 aromatic carbocycles. The Morgan fingerprint density at radius 2 is 1.71 bits per heavy atom. The molecule has 2 aromatic rings. The van der Waals surface area contributed by atoms with Crippen molar-refractivity contribution in [3.8, 4) is 0 Å². The molecule has 2 aliphatic rings. The number of piperidine rings is 2. The first-order chi connectivity index (χ1) is 15.0. The summed E-state index contributed by atoms with van der Waals surface area (Å²) in [5.41, 5.74) is 0.550. The van der Waals surface area contributed by atoms with Crippen molar-refractivity contribution in [2.24, 2.45) is 0 Å². The van der Waals surface area contributed by atoms with E-state index in [1.807, 2.05) is 4.90 Å². The van der Waals surface area contributed by atoms with Gasteiger partial charge in [0.25, 0.3) is 5.91 Å². The van der Waals surface area contributed by atoms with Crippen molar-refractivity contribution in [2.75, 3.05) is 38.1 Å². The number of pyridine rings is 1. The number of rotatable bonds is 5. The summed E-state index contributed by atoms with van der Waals surface area (Å²) in [6, 6.07) is 7.91. The van der Waals surface area contributed by atoms with Crippen molar-refractivity contribution < 1.29 is 13.6 Å². The highest BCUT2D eigenvalue weighted by atomic mass is 19.1. The predicted octanol–water partition coefficient (Wildman–Crippen LogP) is 4.09. The molecular formula is C24H30F2N4O. The average Bonchev–Trinajstić information content (AvgIpc) is 2.82. The van der Waals surface area contributed by atoms with Crippen molar-refractivity contribution in [3.05, 3.63) is 59.3 Å². The zero-order valence-corrected chi connectivity index (χ0v) is 18.1. The molecule has 1 amide bonds. The van der Waals surface area contributed by atoms with Crippen LogP contribution in [0, 0.1) is 11.6 Å². The first kappa shape index (κ1) is 21.7. The van der Waals surface area contributed by atoms with E-state index in [9.17, 15) is 13.6 Å². The number of hydrogen-bond acceptors (Lipinski definition) is 4. The third-order valence-electron chi connectivity index (χ3n) is 6.50. The first-order valence-electron chi connectivity index (χ1n) is 11.2. The number of amides is 1. The molecule has 0 radical (unpaired) electrons. The highest BCUT2D eigenvalue weighted by Gasteiger charge is 2.28. The van der Waals surface area contributed by atoms with Gasteiger partial charge in [0.2, 0.25) is 0 Å². The Bertz CT molecular complexity index is 871. The number of halogens is 2. The number of benzene rings is 1.